The van der Waals surface area contributed by atoms with E-state index in [9.17, 15) is 0 Å². The van der Waals surface area contributed by atoms with Crippen LogP contribution in [0.2, 0.25) is 0 Å². The van der Waals surface area contributed by atoms with Gasteiger partial charge in [-0.3, -0.25) is 4.98 Å². The molecular weight excluding hydrogens is 390 g/mol. The molecule has 7 nitrogen and oxygen atoms in total. The van der Waals surface area contributed by atoms with E-state index in [0.717, 1.165) is 15.8 Å². The second-order valence-electron chi connectivity index (χ2n) is 6.03. The molecule has 0 bridgehead atoms. The van der Waals surface area contributed by atoms with E-state index < -0.39 is 0 Å². The number of nitrogens with zero attached hydrogens (tertiary/aromatic N) is 3. The third-order valence-corrected chi connectivity index (χ3v) is 5.40. The molecule has 0 aliphatic rings. The van der Waals surface area contributed by atoms with Gasteiger partial charge in [0, 0.05) is 22.0 Å². The van der Waals surface area contributed by atoms with Crippen LogP contribution in [0.15, 0.2) is 58.0 Å². The van der Waals surface area contributed by atoms with Gasteiger partial charge < -0.3 is 18.6 Å². The number of ether oxygens (including phenoxy) is 3. The number of hydrogen-bond donors (Lipinski definition) is 0. The molecule has 0 amide bonds. The van der Waals surface area contributed by atoms with Crippen molar-refractivity contribution in [3.8, 4) is 28.7 Å². The minimum Gasteiger partial charge on any atom is -0.493 e. The Morgan fingerprint density at radius 1 is 0.931 bits per heavy atom. The van der Waals surface area contributed by atoms with Gasteiger partial charge in [-0.05, 0) is 24.3 Å². The van der Waals surface area contributed by atoms with Gasteiger partial charge in [-0.15, -0.1) is 22.0 Å². The molecule has 0 radical (unpaired) electrons. The summed E-state index contributed by atoms with van der Waals surface area (Å²) in [5.41, 5.74) is 1.65. The zero-order valence-electron chi connectivity index (χ0n) is 16.2. The van der Waals surface area contributed by atoms with Crippen LogP contribution in [0, 0.1) is 0 Å². The Kier molecular flexibility index (Phi) is 5.53. The van der Waals surface area contributed by atoms with Crippen LogP contribution in [0.25, 0.3) is 22.4 Å². The second-order valence-corrected chi connectivity index (χ2v) is 7.05. The number of para-hydroxylation sites is 1. The van der Waals surface area contributed by atoms with Crippen LogP contribution in [-0.4, -0.2) is 36.5 Å². The number of aromatic nitrogens is 3. The van der Waals surface area contributed by atoms with Gasteiger partial charge in [-0.25, -0.2) is 0 Å². The second kappa shape index (κ2) is 8.40. The van der Waals surface area contributed by atoms with E-state index in [2.05, 4.69) is 21.2 Å². The molecular formula is C21H19N3O4S. The summed E-state index contributed by atoms with van der Waals surface area (Å²) in [6.45, 7) is 0. The lowest BCUT2D eigenvalue weighted by atomic mass is 10.2. The number of rotatable bonds is 7. The summed E-state index contributed by atoms with van der Waals surface area (Å²) in [6.07, 6.45) is 1.81. The van der Waals surface area contributed by atoms with Crippen LogP contribution in [0.5, 0.6) is 17.2 Å². The Morgan fingerprint density at radius 2 is 1.69 bits per heavy atom. The quantitative estimate of drug-likeness (QED) is 0.410. The van der Waals surface area contributed by atoms with Crippen LogP contribution in [0.1, 0.15) is 5.89 Å². The zero-order valence-corrected chi connectivity index (χ0v) is 17.0. The van der Waals surface area contributed by atoms with Crippen molar-refractivity contribution in [2.45, 2.75) is 10.6 Å². The Bertz CT molecular complexity index is 1120. The fourth-order valence-electron chi connectivity index (χ4n) is 2.97. The summed E-state index contributed by atoms with van der Waals surface area (Å²) < 4.78 is 22.0. The highest BCUT2D eigenvalue weighted by Gasteiger charge is 2.17. The lowest BCUT2D eigenvalue weighted by Crippen LogP contribution is -1.95. The molecule has 0 saturated carbocycles. The molecule has 2 aromatic carbocycles. The molecule has 0 unspecified atom stereocenters. The van der Waals surface area contributed by atoms with Gasteiger partial charge in [0.2, 0.25) is 17.5 Å². The molecule has 148 valence electrons. The summed E-state index contributed by atoms with van der Waals surface area (Å²) in [5.74, 6) is 3.03. The first-order valence-electron chi connectivity index (χ1n) is 8.82. The maximum atomic E-state index is 5.87. The van der Waals surface area contributed by atoms with E-state index >= 15 is 0 Å². The minimum atomic E-state index is 0.388. The maximum absolute atomic E-state index is 5.87. The van der Waals surface area contributed by atoms with Gasteiger partial charge in [0.1, 0.15) is 0 Å². The first kappa shape index (κ1) is 19.1. The standard InChI is InChI=1S/C21H19N3O4S/c1-25-16-10-13(11-17(26-2)20(16)27-3)21-24-23-19(28-21)12-29-18-8-9-22-15-7-5-4-6-14(15)18/h4-11H,12H2,1-3H3. The molecule has 0 aliphatic carbocycles. The highest BCUT2D eigenvalue weighted by atomic mass is 32.2. The monoisotopic (exact) mass is 409 g/mol. The summed E-state index contributed by atoms with van der Waals surface area (Å²) in [5, 5.41) is 9.45. The zero-order chi connectivity index (χ0) is 20.2. The molecule has 8 heteroatoms. The Hall–Kier alpha value is -3.26. The molecule has 0 fully saturated rings. The Labute approximate surface area is 172 Å². The average Bonchev–Trinajstić information content (AvgIpc) is 3.25. The topological polar surface area (TPSA) is 79.5 Å². The van der Waals surface area contributed by atoms with E-state index in [4.69, 9.17) is 18.6 Å². The van der Waals surface area contributed by atoms with Crippen molar-refractivity contribution in [3.63, 3.8) is 0 Å². The van der Waals surface area contributed by atoms with Gasteiger partial charge in [0.25, 0.3) is 0 Å². The molecule has 0 aliphatic heterocycles. The smallest absolute Gasteiger partial charge is 0.248 e. The van der Waals surface area contributed by atoms with Gasteiger partial charge in [0.15, 0.2) is 11.5 Å². The number of thioether (sulfide) groups is 1. The fourth-order valence-corrected chi connectivity index (χ4v) is 3.85. The first-order valence-corrected chi connectivity index (χ1v) is 9.81. The highest BCUT2D eigenvalue weighted by molar-refractivity contribution is 7.98. The highest BCUT2D eigenvalue weighted by Crippen LogP contribution is 2.41. The Morgan fingerprint density at radius 3 is 2.41 bits per heavy atom. The van der Waals surface area contributed by atoms with Crippen LogP contribution < -0.4 is 14.2 Å². The van der Waals surface area contributed by atoms with Crippen LogP contribution in [0.4, 0.5) is 0 Å². The van der Waals surface area contributed by atoms with Crippen molar-refractivity contribution in [2.24, 2.45) is 0 Å². The lowest BCUT2D eigenvalue weighted by molar-refractivity contribution is 0.324. The van der Waals surface area contributed by atoms with Gasteiger partial charge in [-0.1, -0.05) is 18.2 Å². The number of fused-ring (bicyclic) bond motifs is 1. The fraction of sp³-hybridized carbons (Fsp3) is 0.190. The van der Waals surface area contributed by atoms with E-state index in [1.54, 1.807) is 51.4 Å². The Balaban J connectivity index is 1.57. The molecule has 0 spiro atoms. The summed E-state index contributed by atoms with van der Waals surface area (Å²) >= 11 is 1.63. The van der Waals surface area contributed by atoms with E-state index in [1.807, 2.05) is 24.3 Å². The van der Waals surface area contributed by atoms with Crippen molar-refractivity contribution in [1.29, 1.82) is 0 Å². The largest absolute Gasteiger partial charge is 0.493 e. The maximum Gasteiger partial charge on any atom is 0.248 e. The minimum absolute atomic E-state index is 0.388. The van der Waals surface area contributed by atoms with E-state index in [1.165, 1.54) is 0 Å². The molecule has 29 heavy (non-hydrogen) atoms. The third kappa shape index (κ3) is 3.84. The average molecular weight is 409 g/mol. The van der Waals surface area contributed by atoms with Crippen LogP contribution in [0.3, 0.4) is 0 Å². The van der Waals surface area contributed by atoms with E-state index in [-0.39, 0.29) is 0 Å². The lowest BCUT2D eigenvalue weighted by Gasteiger charge is -2.12. The van der Waals surface area contributed by atoms with Crippen molar-refractivity contribution >= 4 is 22.7 Å². The van der Waals surface area contributed by atoms with Gasteiger partial charge in [0.05, 0.1) is 32.6 Å². The molecule has 0 N–H and O–H groups in total. The van der Waals surface area contributed by atoms with Crippen molar-refractivity contribution < 1.29 is 18.6 Å². The predicted molar refractivity (Wildman–Crippen MR) is 111 cm³/mol. The summed E-state index contributed by atoms with van der Waals surface area (Å²) in [7, 11) is 4.69. The molecule has 0 saturated heterocycles. The molecule has 2 heterocycles. The van der Waals surface area contributed by atoms with E-state index in [0.29, 0.717) is 40.3 Å². The van der Waals surface area contributed by atoms with Gasteiger partial charge in [-0.2, -0.15) is 0 Å². The van der Waals surface area contributed by atoms with Crippen LogP contribution >= 0.6 is 11.8 Å². The normalized spacial score (nSPS) is 10.9. The summed E-state index contributed by atoms with van der Waals surface area (Å²) in [6, 6.07) is 13.6. The predicted octanol–water partition coefficient (Wildman–Crippen LogP) is 4.60. The molecule has 0 atom stereocenters. The van der Waals surface area contributed by atoms with Crippen molar-refractivity contribution in [3.05, 3.63) is 54.6 Å². The third-order valence-electron chi connectivity index (χ3n) is 4.34. The van der Waals surface area contributed by atoms with Crippen molar-refractivity contribution in [1.82, 2.24) is 15.2 Å². The molecule has 4 aromatic rings. The number of pyridine rings is 1. The SMILES string of the molecule is COc1cc(-c2nnc(CSc3ccnc4ccccc34)o2)cc(OC)c1OC. The number of benzene rings is 2. The van der Waals surface area contributed by atoms with Gasteiger partial charge >= 0.3 is 0 Å². The van der Waals surface area contributed by atoms with Crippen molar-refractivity contribution in [2.75, 3.05) is 21.3 Å². The first-order chi connectivity index (χ1) is 14.2. The number of hydrogen-bond acceptors (Lipinski definition) is 8. The molecule has 2 aromatic heterocycles. The van der Waals surface area contributed by atoms with Crippen LogP contribution in [-0.2, 0) is 5.75 Å². The number of methoxy groups -OCH3 is 3. The molecule has 4 rings (SSSR count). The summed E-state index contributed by atoms with van der Waals surface area (Å²) in [4.78, 5) is 5.50.